The Morgan fingerprint density at radius 2 is 1.78 bits per heavy atom. The third-order valence-corrected chi connectivity index (χ3v) is 6.69. The molecule has 0 aliphatic carbocycles. The fraction of sp³-hybridized carbons (Fsp3) is 0.179. The number of hydrogen-bond donors (Lipinski definition) is 1. The zero-order valence-electron chi connectivity index (χ0n) is 19.8. The number of nitrogens with one attached hydrogen (secondary N) is 1. The molecule has 6 nitrogen and oxygen atoms in total. The molecule has 1 heterocycles. The zero-order chi connectivity index (χ0) is 25.3. The lowest BCUT2D eigenvalue weighted by Crippen LogP contribution is -2.30. The molecule has 1 saturated heterocycles. The lowest BCUT2D eigenvalue weighted by molar-refractivity contribution is -0.122. The van der Waals surface area contributed by atoms with Crippen molar-refractivity contribution in [3.8, 4) is 11.5 Å². The van der Waals surface area contributed by atoms with Crippen molar-refractivity contribution in [3.63, 3.8) is 0 Å². The highest BCUT2D eigenvalue weighted by Crippen LogP contribution is 2.33. The Morgan fingerprint density at radius 3 is 2.53 bits per heavy atom. The van der Waals surface area contributed by atoms with Crippen LogP contribution in [0.4, 0.5) is 5.69 Å². The predicted molar refractivity (Wildman–Crippen MR) is 148 cm³/mol. The fourth-order valence-electron chi connectivity index (χ4n) is 3.57. The highest BCUT2D eigenvalue weighted by molar-refractivity contribution is 8.26. The summed E-state index contributed by atoms with van der Waals surface area (Å²) in [5.41, 5.74) is 2.62. The second kappa shape index (κ2) is 12.4. The average Bonchev–Trinajstić information content (AvgIpc) is 3.15. The van der Waals surface area contributed by atoms with Crippen molar-refractivity contribution in [2.24, 2.45) is 0 Å². The normalized spacial score (nSPS) is 14.2. The van der Waals surface area contributed by atoms with Gasteiger partial charge in [-0.15, -0.1) is 0 Å². The molecule has 1 fully saturated rings. The van der Waals surface area contributed by atoms with Gasteiger partial charge in [0.25, 0.3) is 11.8 Å². The van der Waals surface area contributed by atoms with E-state index < -0.39 is 0 Å². The molecular formula is C28H26N2O4S2. The fourth-order valence-corrected chi connectivity index (χ4v) is 4.88. The first-order valence-electron chi connectivity index (χ1n) is 11.6. The molecule has 0 spiro atoms. The smallest absolute Gasteiger partial charge is 0.266 e. The highest BCUT2D eigenvalue weighted by Gasteiger charge is 2.31. The molecular weight excluding hydrogens is 492 g/mol. The predicted octanol–water partition coefficient (Wildman–Crippen LogP) is 5.55. The Hall–Kier alpha value is -3.62. The number of rotatable bonds is 10. The minimum Gasteiger partial charge on any atom is -0.494 e. The third-order valence-electron chi connectivity index (χ3n) is 5.32. The molecule has 3 aromatic rings. The molecule has 2 amide bonds. The van der Waals surface area contributed by atoms with E-state index in [0.717, 1.165) is 23.3 Å². The van der Waals surface area contributed by atoms with Gasteiger partial charge in [-0.25, -0.2) is 0 Å². The molecule has 1 aliphatic heterocycles. The molecule has 0 aromatic heterocycles. The monoisotopic (exact) mass is 518 g/mol. The summed E-state index contributed by atoms with van der Waals surface area (Å²) in [6.07, 6.45) is 2.54. The van der Waals surface area contributed by atoms with Crippen molar-refractivity contribution >= 4 is 51.9 Å². The SMILES string of the molecule is CCOc1ccc(NC(=O)COc2cccc(/C=C3\SC(=S)N(CCc4ccccc4)C3=O)c2)cc1. The van der Waals surface area contributed by atoms with E-state index in [2.05, 4.69) is 5.32 Å². The van der Waals surface area contributed by atoms with Crippen LogP contribution in [0.2, 0.25) is 0 Å². The lowest BCUT2D eigenvalue weighted by Gasteiger charge is -2.14. The molecule has 1 aliphatic rings. The first-order valence-corrected chi connectivity index (χ1v) is 12.8. The summed E-state index contributed by atoms with van der Waals surface area (Å²) in [6, 6.07) is 24.4. The third kappa shape index (κ3) is 6.96. The van der Waals surface area contributed by atoms with Crippen LogP contribution in [0.25, 0.3) is 6.08 Å². The van der Waals surface area contributed by atoms with Crippen LogP contribution in [0, 0.1) is 0 Å². The van der Waals surface area contributed by atoms with Gasteiger partial charge in [-0.05, 0) is 66.9 Å². The van der Waals surface area contributed by atoms with Gasteiger partial charge >= 0.3 is 0 Å². The van der Waals surface area contributed by atoms with Crippen molar-refractivity contribution in [1.82, 2.24) is 4.90 Å². The summed E-state index contributed by atoms with van der Waals surface area (Å²) < 4.78 is 11.6. The van der Waals surface area contributed by atoms with E-state index in [-0.39, 0.29) is 18.4 Å². The molecule has 3 aromatic carbocycles. The van der Waals surface area contributed by atoms with Crippen molar-refractivity contribution in [2.75, 3.05) is 25.1 Å². The zero-order valence-corrected chi connectivity index (χ0v) is 21.4. The molecule has 4 rings (SSSR count). The number of hydrogen-bond acceptors (Lipinski definition) is 6. The van der Waals surface area contributed by atoms with E-state index in [4.69, 9.17) is 21.7 Å². The summed E-state index contributed by atoms with van der Waals surface area (Å²) in [6.45, 7) is 2.90. The molecule has 8 heteroatoms. The Bertz CT molecular complexity index is 1260. The van der Waals surface area contributed by atoms with Gasteiger partial charge in [-0.3, -0.25) is 14.5 Å². The number of nitrogens with zero attached hydrogens (tertiary/aromatic N) is 1. The Morgan fingerprint density at radius 1 is 1.00 bits per heavy atom. The quantitative estimate of drug-likeness (QED) is 0.281. The van der Waals surface area contributed by atoms with Crippen LogP contribution in [0.5, 0.6) is 11.5 Å². The Balaban J connectivity index is 1.32. The van der Waals surface area contributed by atoms with Crippen molar-refractivity contribution in [1.29, 1.82) is 0 Å². The van der Waals surface area contributed by atoms with Crippen molar-refractivity contribution < 1.29 is 19.1 Å². The maximum absolute atomic E-state index is 12.9. The number of carbonyl (C=O) groups excluding carboxylic acids is 2. The van der Waals surface area contributed by atoms with Gasteiger partial charge in [-0.1, -0.05) is 66.4 Å². The Kier molecular flexibility index (Phi) is 8.76. The number of thioether (sulfide) groups is 1. The van der Waals surface area contributed by atoms with E-state index in [1.54, 1.807) is 47.4 Å². The molecule has 1 N–H and O–H groups in total. The van der Waals surface area contributed by atoms with Crippen LogP contribution >= 0.6 is 24.0 Å². The van der Waals surface area contributed by atoms with E-state index in [1.165, 1.54) is 11.8 Å². The van der Waals surface area contributed by atoms with E-state index in [9.17, 15) is 9.59 Å². The van der Waals surface area contributed by atoms with Crippen molar-refractivity contribution in [3.05, 3.63) is 94.9 Å². The van der Waals surface area contributed by atoms with Gasteiger partial charge in [0.05, 0.1) is 11.5 Å². The highest BCUT2D eigenvalue weighted by atomic mass is 32.2. The molecule has 0 atom stereocenters. The molecule has 0 saturated carbocycles. The number of carbonyl (C=O) groups is 2. The average molecular weight is 519 g/mol. The second-order valence-corrected chi connectivity index (χ2v) is 9.61. The van der Waals surface area contributed by atoms with Crippen LogP contribution in [-0.2, 0) is 16.0 Å². The van der Waals surface area contributed by atoms with Gasteiger partial charge in [0, 0.05) is 12.2 Å². The molecule has 0 bridgehead atoms. The first-order chi connectivity index (χ1) is 17.5. The van der Waals surface area contributed by atoms with Gasteiger partial charge in [-0.2, -0.15) is 0 Å². The molecule has 0 radical (unpaired) electrons. The second-order valence-electron chi connectivity index (χ2n) is 7.94. The van der Waals surface area contributed by atoms with E-state index in [1.807, 2.05) is 49.4 Å². The van der Waals surface area contributed by atoms with Gasteiger partial charge in [0.15, 0.2) is 6.61 Å². The topological polar surface area (TPSA) is 67.9 Å². The summed E-state index contributed by atoms with van der Waals surface area (Å²) in [7, 11) is 0. The minimum atomic E-state index is -0.274. The van der Waals surface area contributed by atoms with E-state index >= 15 is 0 Å². The van der Waals surface area contributed by atoms with E-state index in [0.29, 0.717) is 33.8 Å². The number of anilines is 1. The standard InChI is InChI=1S/C28H26N2O4S2/c1-2-33-23-13-11-22(12-14-23)29-26(31)19-34-24-10-6-9-21(17-24)18-25-27(32)30(28(35)36-25)16-15-20-7-4-3-5-8-20/h3-14,17-18H,2,15-16,19H2,1H3,(H,29,31)/b25-18-. The number of amides is 2. The maximum Gasteiger partial charge on any atom is 0.266 e. The largest absolute Gasteiger partial charge is 0.494 e. The Labute approximate surface area is 220 Å². The number of ether oxygens (including phenoxy) is 2. The summed E-state index contributed by atoms with van der Waals surface area (Å²) in [4.78, 5) is 27.4. The van der Waals surface area contributed by atoms with Gasteiger partial charge < -0.3 is 14.8 Å². The lowest BCUT2D eigenvalue weighted by atomic mass is 10.1. The molecule has 184 valence electrons. The van der Waals surface area contributed by atoms with Crippen LogP contribution in [0.3, 0.4) is 0 Å². The minimum absolute atomic E-state index is 0.0954. The molecule has 36 heavy (non-hydrogen) atoms. The number of benzene rings is 3. The van der Waals surface area contributed by atoms with Crippen LogP contribution in [0.1, 0.15) is 18.1 Å². The summed E-state index contributed by atoms with van der Waals surface area (Å²) in [5, 5.41) is 2.79. The van der Waals surface area contributed by atoms with Crippen LogP contribution < -0.4 is 14.8 Å². The number of thiocarbonyl (C=S) groups is 1. The first kappa shape index (κ1) is 25.5. The van der Waals surface area contributed by atoms with Crippen molar-refractivity contribution in [2.45, 2.75) is 13.3 Å². The van der Waals surface area contributed by atoms with Crippen LogP contribution in [0.15, 0.2) is 83.8 Å². The van der Waals surface area contributed by atoms with Gasteiger partial charge in [0.1, 0.15) is 15.8 Å². The molecule has 0 unspecified atom stereocenters. The van der Waals surface area contributed by atoms with Crippen LogP contribution in [-0.4, -0.2) is 40.8 Å². The maximum atomic E-state index is 12.9. The summed E-state index contributed by atoms with van der Waals surface area (Å²) >= 11 is 6.74. The van der Waals surface area contributed by atoms with Gasteiger partial charge in [0.2, 0.25) is 0 Å². The summed E-state index contributed by atoms with van der Waals surface area (Å²) in [5.74, 6) is 0.910.